The van der Waals surface area contributed by atoms with Gasteiger partial charge in [-0.3, -0.25) is 0 Å². The number of rotatable bonds is 1. The highest BCUT2D eigenvalue weighted by molar-refractivity contribution is 6.37. The lowest BCUT2D eigenvalue weighted by Gasteiger charge is -2.27. The second kappa shape index (κ2) is 3.81. The molecule has 0 amide bonds. The monoisotopic (exact) mass is 254 g/mol. The van der Waals surface area contributed by atoms with Gasteiger partial charge in [0.15, 0.2) is 0 Å². The van der Waals surface area contributed by atoms with Crippen LogP contribution in [0.15, 0.2) is 24.3 Å². The molecule has 1 aromatic carbocycles. The molecule has 4 nitrogen and oxygen atoms in total. The van der Waals surface area contributed by atoms with Gasteiger partial charge in [0.25, 0.3) is 5.12 Å². The van der Waals surface area contributed by atoms with Crippen LogP contribution >= 0.6 is 11.6 Å². The Hall–Kier alpha value is -1.42. The molecule has 1 aliphatic heterocycles. The molecule has 0 saturated carbocycles. The van der Waals surface area contributed by atoms with Crippen LogP contribution in [0.25, 0.3) is 0 Å². The minimum atomic E-state index is -1.42. The fourth-order valence-electron chi connectivity index (χ4n) is 1.55. The summed E-state index contributed by atoms with van der Waals surface area (Å²) in [6, 6.07) is 7.42. The second-order valence-corrected chi connectivity index (χ2v) is 5.52. The topological polar surface area (TPSA) is 50.4 Å². The number of hydrogen-bond donors (Lipinski definition) is 2. The summed E-state index contributed by atoms with van der Waals surface area (Å²) in [5.74, 6) is -0.539. The molecule has 5 heteroatoms. The van der Waals surface area contributed by atoms with Crippen LogP contribution in [0.3, 0.4) is 0 Å². The fraction of sp³-hybridized carbons (Fsp3) is 0.417. The third-order valence-corrected chi connectivity index (χ3v) is 2.56. The number of benzene rings is 1. The normalized spacial score (nSPS) is 16.7. The zero-order valence-electron chi connectivity index (χ0n) is 10.0. The van der Waals surface area contributed by atoms with Gasteiger partial charge in [-0.1, -0.05) is 23.7 Å². The maximum Gasteiger partial charge on any atom is 0.370 e. The van der Waals surface area contributed by atoms with E-state index in [-0.39, 0.29) is 0 Å². The number of para-hydroxylation sites is 2. The molecule has 1 aliphatic rings. The standard InChI is InChI=1S/C12H15ClN2O2/c1-11(2,3)17-10(16)12(13)14-8-6-4-5-7-9(8)15-12/h4-7,14-15H,1-3H3. The molecule has 1 heterocycles. The van der Waals surface area contributed by atoms with Gasteiger partial charge in [-0.25, -0.2) is 4.79 Å². The van der Waals surface area contributed by atoms with E-state index in [1.807, 2.05) is 24.3 Å². The molecule has 0 radical (unpaired) electrons. The first-order valence-electron chi connectivity index (χ1n) is 5.38. The number of alkyl halides is 1. The quantitative estimate of drug-likeness (QED) is 0.460. The van der Waals surface area contributed by atoms with Crippen molar-refractivity contribution < 1.29 is 9.53 Å². The number of carbonyl (C=O) groups excluding carboxylic acids is 1. The first kappa shape index (κ1) is 12.0. The van der Waals surface area contributed by atoms with E-state index in [2.05, 4.69) is 10.6 Å². The number of ether oxygens (including phenoxy) is 1. The van der Waals surface area contributed by atoms with Crippen LogP contribution in [0, 0.1) is 0 Å². The van der Waals surface area contributed by atoms with Gasteiger partial charge in [-0.2, -0.15) is 0 Å². The van der Waals surface area contributed by atoms with Crippen molar-refractivity contribution in [2.75, 3.05) is 10.6 Å². The summed E-state index contributed by atoms with van der Waals surface area (Å²) in [4.78, 5) is 12.0. The first-order chi connectivity index (χ1) is 7.80. The number of carbonyl (C=O) groups is 1. The van der Waals surface area contributed by atoms with E-state index in [0.717, 1.165) is 11.4 Å². The highest BCUT2D eigenvalue weighted by atomic mass is 35.5. The summed E-state index contributed by atoms with van der Waals surface area (Å²) < 4.78 is 5.26. The molecular formula is C12H15ClN2O2. The van der Waals surface area contributed by atoms with Gasteiger partial charge in [0.2, 0.25) is 0 Å². The van der Waals surface area contributed by atoms with Gasteiger partial charge in [-0.05, 0) is 32.9 Å². The van der Waals surface area contributed by atoms with Crippen molar-refractivity contribution >= 4 is 28.9 Å². The van der Waals surface area contributed by atoms with Gasteiger partial charge in [0, 0.05) is 0 Å². The van der Waals surface area contributed by atoms with E-state index < -0.39 is 16.7 Å². The zero-order chi connectivity index (χ0) is 12.7. The summed E-state index contributed by atoms with van der Waals surface area (Å²) in [5.41, 5.74) is 0.999. The molecule has 2 N–H and O–H groups in total. The van der Waals surface area contributed by atoms with E-state index in [0.29, 0.717) is 0 Å². The van der Waals surface area contributed by atoms with Crippen LogP contribution < -0.4 is 10.6 Å². The van der Waals surface area contributed by atoms with Crippen LogP contribution in [0.1, 0.15) is 20.8 Å². The van der Waals surface area contributed by atoms with Crippen molar-refractivity contribution in [3.63, 3.8) is 0 Å². The number of anilines is 2. The van der Waals surface area contributed by atoms with E-state index in [1.54, 1.807) is 20.8 Å². The average Bonchev–Trinajstić information content (AvgIpc) is 2.52. The molecule has 0 saturated heterocycles. The molecule has 92 valence electrons. The van der Waals surface area contributed by atoms with Gasteiger partial charge in [-0.15, -0.1) is 0 Å². The van der Waals surface area contributed by atoms with Crippen molar-refractivity contribution in [3.8, 4) is 0 Å². The molecule has 2 rings (SSSR count). The number of fused-ring (bicyclic) bond motifs is 1. The Morgan fingerprint density at radius 1 is 1.24 bits per heavy atom. The summed E-state index contributed by atoms with van der Waals surface area (Å²) in [7, 11) is 0. The SMILES string of the molecule is CC(C)(C)OC(=O)C1(Cl)Nc2ccccc2N1. The van der Waals surface area contributed by atoms with E-state index in [1.165, 1.54) is 0 Å². The Labute approximate surface area is 105 Å². The molecule has 0 atom stereocenters. The highest BCUT2D eigenvalue weighted by Crippen LogP contribution is 2.36. The Morgan fingerprint density at radius 2 is 1.71 bits per heavy atom. The van der Waals surface area contributed by atoms with Crippen molar-refractivity contribution in [1.29, 1.82) is 0 Å². The average molecular weight is 255 g/mol. The molecular weight excluding hydrogens is 240 g/mol. The van der Waals surface area contributed by atoms with Crippen molar-refractivity contribution in [2.24, 2.45) is 0 Å². The molecule has 0 aliphatic carbocycles. The minimum Gasteiger partial charge on any atom is -0.456 e. The molecule has 1 aromatic rings. The van der Waals surface area contributed by atoms with E-state index >= 15 is 0 Å². The van der Waals surface area contributed by atoms with Crippen LogP contribution in [0.2, 0.25) is 0 Å². The zero-order valence-corrected chi connectivity index (χ0v) is 10.8. The molecule has 0 fully saturated rings. The third-order valence-electron chi connectivity index (χ3n) is 2.22. The Kier molecular flexibility index (Phi) is 2.70. The lowest BCUT2D eigenvalue weighted by Crippen LogP contribution is -2.47. The van der Waals surface area contributed by atoms with Gasteiger partial charge < -0.3 is 15.4 Å². The van der Waals surface area contributed by atoms with Gasteiger partial charge in [0.1, 0.15) is 5.60 Å². The molecule has 0 aromatic heterocycles. The van der Waals surface area contributed by atoms with Crippen molar-refractivity contribution in [3.05, 3.63) is 24.3 Å². The Bertz CT molecular complexity index is 429. The summed E-state index contributed by atoms with van der Waals surface area (Å²) in [6.07, 6.45) is 0. The van der Waals surface area contributed by atoms with Gasteiger partial charge >= 0.3 is 5.97 Å². The van der Waals surface area contributed by atoms with Gasteiger partial charge in [0.05, 0.1) is 11.4 Å². The minimum absolute atomic E-state index is 0.539. The lowest BCUT2D eigenvalue weighted by atomic mass is 10.2. The van der Waals surface area contributed by atoms with Crippen LogP contribution in [-0.4, -0.2) is 16.7 Å². The Morgan fingerprint density at radius 3 is 2.12 bits per heavy atom. The number of hydrogen-bond acceptors (Lipinski definition) is 4. The smallest absolute Gasteiger partial charge is 0.370 e. The molecule has 0 unspecified atom stereocenters. The fourth-order valence-corrected chi connectivity index (χ4v) is 1.80. The summed E-state index contributed by atoms with van der Waals surface area (Å²) in [6.45, 7) is 5.40. The number of nitrogens with one attached hydrogen (secondary N) is 2. The van der Waals surface area contributed by atoms with Crippen molar-refractivity contribution in [1.82, 2.24) is 0 Å². The predicted molar refractivity (Wildman–Crippen MR) is 68.1 cm³/mol. The maximum absolute atomic E-state index is 12.0. The van der Waals surface area contributed by atoms with E-state index in [9.17, 15) is 4.79 Å². The molecule has 0 spiro atoms. The van der Waals surface area contributed by atoms with Crippen LogP contribution in [0.4, 0.5) is 11.4 Å². The maximum atomic E-state index is 12.0. The predicted octanol–water partition coefficient (Wildman–Crippen LogP) is 2.76. The molecule has 17 heavy (non-hydrogen) atoms. The number of halogens is 1. The first-order valence-corrected chi connectivity index (χ1v) is 5.76. The van der Waals surface area contributed by atoms with E-state index in [4.69, 9.17) is 16.3 Å². The second-order valence-electron chi connectivity index (χ2n) is 4.96. The van der Waals surface area contributed by atoms with Crippen LogP contribution in [0.5, 0.6) is 0 Å². The molecule has 0 bridgehead atoms. The van der Waals surface area contributed by atoms with Crippen molar-refractivity contribution in [2.45, 2.75) is 31.5 Å². The van der Waals surface area contributed by atoms with Crippen LogP contribution in [-0.2, 0) is 9.53 Å². The highest BCUT2D eigenvalue weighted by Gasteiger charge is 2.44. The summed E-state index contributed by atoms with van der Waals surface area (Å²) >= 11 is 6.20. The number of esters is 1. The lowest BCUT2D eigenvalue weighted by molar-refractivity contribution is -0.156. The Balaban J connectivity index is 2.17. The largest absolute Gasteiger partial charge is 0.456 e. The summed E-state index contributed by atoms with van der Waals surface area (Å²) in [5, 5.41) is 4.41. The third kappa shape index (κ3) is 2.47.